The molecule has 6 nitrogen and oxygen atoms in total. The lowest BCUT2D eigenvalue weighted by Gasteiger charge is -2.40. The molecule has 0 bridgehead atoms. The summed E-state index contributed by atoms with van der Waals surface area (Å²) in [5, 5.41) is 11.8. The number of anilines is 1. The van der Waals surface area contributed by atoms with Crippen molar-refractivity contribution in [1.29, 1.82) is 0 Å². The van der Waals surface area contributed by atoms with Crippen molar-refractivity contribution in [3.05, 3.63) is 17.8 Å². The molecule has 24 heavy (non-hydrogen) atoms. The van der Waals surface area contributed by atoms with E-state index in [1.807, 2.05) is 6.07 Å². The zero-order chi connectivity index (χ0) is 17.2. The van der Waals surface area contributed by atoms with Crippen LogP contribution >= 0.6 is 0 Å². The number of hydrogen-bond acceptors (Lipinski definition) is 5. The predicted molar refractivity (Wildman–Crippen MR) is 93.0 cm³/mol. The van der Waals surface area contributed by atoms with E-state index in [2.05, 4.69) is 47.3 Å². The first-order valence-electron chi connectivity index (χ1n) is 8.88. The van der Waals surface area contributed by atoms with Crippen molar-refractivity contribution in [3.8, 4) is 0 Å². The summed E-state index contributed by atoms with van der Waals surface area (Å²) < 4.78 is 5.30. The molecule has 0 radical (unpaired) electrons. The molecule has 2 fully saturated rings. The molecule has 2 saturated heterocycles. The van der Waals surface area contributed by atoms with E-state index >= 15 is 0 Å². The van der Waals surface area contributed by atoms with Gasteiger partial charge >= 0.3 is 0 Å². The van der Waals surface area contributed by atoms with Crippen molar-refractivity contribution in [1.82, 2.24) is 15.5 Å². The fourth-order valence-corrected chi connectivity index (χ4v) is 3.13. The maximum Gasteiger partial charge on any atom is 0.223 e. The quantitative estimate of drug-likeness (QED) is 0.910. The highest BCUT2D eigenvalue weighted by molar-refractivity contribution is 5.78. The van der Waals surface area contributed by atoms with E-state index in [1.54, 1.807) is 0 Å². The van der Waals surface area contributed by atoms with Crippen LogP contribution in [0.2, 0.25) is 0 Å². The standard InChI is InChI=1S/C18H28N4O2/c1-18(2,3)15-4-5-16(21-20-15)22-11-13(12-22)10-19-17(23)14-6-8-24-9-7-14/h4-5,13-14H,6-12H2,1-3H3,(H,19,23). The van der Waals surface area contributed by atoms with Gasteiger partial charge in [-0.15, -0.1) is 5.10 Å². The van der Waals surface area contributed by atoms with Gasteiger partial charge in [-0.05, 0) is 25.0 Å². The van der Waals surface area contributed by atoms with E-state index in [0.29, 0.717) is 19.1 Å². The normalized spacial score (nSPS) is 19.9. The van der Waals surface area contributed by atoms with E-state index in [0.717, 1.165) is 44.0 Å². The average Bonchev–Trinajstić information content (AvgIpc) is 2.53. The smallest absolute Gasteiger partial charge is 0.223 e. The van der Waals surface area contributed by atoms with Crippen LogP contribution < -0.4 is 10.2 Å². The highest BCUT2D eigenvalue weighted by Crippen LogP contribution is 2.25. The Kier molecular flexibility index (Phi) is 5.04. The summed E-state index contributed by atoms with van der Waals surface area (Å²) in [6, 6.07) is 4.10. The Morgan fingerprint density at radius 3 is 2.54 bits per heavy atom. The van der Waals surface area contributed by atoms with Crippen LogP contribution in [0.3, 0.4) is 0 Å². The third-order valence-corrected chi connectivity index (χ3v) is 4.86. The van der Waals surface area contributed by atoms with Gasteiger partial charge in [-0.1, -0.05) is 20.8 Å². The summed E-state index contributed by atoms with van der Waals surface area (Å²) in [5.41, 5.74) is 1.03. The number of carbonyl (C=O) groups is 1. The number of rotatable bonds is 4. The van der Waals surface area contributed by atoms with Crippen LogP contribution in [0.1, 0.15) is 39.3 Å². The minimum Gasteiger partial charge on any atom is -0.381 e. The molecule has 0 spiro atoms. The second-order valence-corrected chi connectivity index (χ2v) is 7.93. The molecule has 1 N–H and O–H groups in total. The maximum atomic E-state index is 12.1. The second kappa shape index (κ2) is 7.05. The summed E-state index contributed by atoms with van der Waals surface area (Å²) >= 11 is 0. The molecule has 3 rings (SSSR count). The van der Waals surface area contributed by atoms with E-state index in [4.69, 9.17) is 4.74 Å². The second-order valence-electron chi connectivity index (χ2n) is 7.93. The Balaban J connectivity index is 1.41. The summed E-state index contributed by atoms with van der Waals surface area (Å²) in [5.74, 6) is 1.74. The van der Waals surface area contributed by atoms with Crippen molar-refractivity contribution in [3.63, 3.8) is 0 Å². The van der Waals surface area contributed by atoms with Crippen LogP contribution in [0.15, 0.2) is 12.1 Å². The fraction of sp³-hybridized carbons (Fsp3) is 0.722. The Bertz CT molecular complexity index is 555. The Morgan fingerprint density at radius 2 is 1.96 bits per heavy atom. The molecule has 0 unspecified atom stereocenters. The van der Waals surface area contributed by atoms with E-state index in [1.165, 1.54) is 0 Å². The molecule has 3 heterocycles. The molecule has 0 atom stereocenters. The average molecular weight is 332 g/mol. The molecular formula is C18H28N4O2. The van der Waals surface area contributed by atoms with Crippen LogP contribution in [-0.4, -0.2) is 49.0 Å². The van der Waals surface area contributed by atoms with Gasteiger partial charge in [0.15, 0.2) is 5.82 Å². The fourth-order valence-electron chi connectivity index (χ4n) is 3.13. The lowest BCUT2D eigenvalue weighted by Crippen LogP contribution is -2.52. The van der Waals surface area contributed by atoms with Crippen molar-refractivity contribution in [2.45, 2.75) is 39.0 Å². The van der Waals surface area contributed by atoms with Gasteiger partial charge in [0.25, 0.3) is 0 Å². The first-order valence-corrected chi connectivity index (χ1v) is 8.88. The zero-order valence-corrected chi connectivity index (χ0v) is 14.9. The number of carbonyl (C=O) groups excluding carboxylic acids is 1. The van der Waals surface area contributed by atoms with E-state index in [9.17, 15) is 4.79 Å². The molecule has 0 aliphatic carbocycles. The monoisotopic (exact) mass is 332 g/mol. The number of aromatic nitrogens is 2. The molecule has 1 aromatic heterocycles. The number of amides is 1. The number of nitrogens with zero attached hydrogens (tertiary/aromatic N) is 3. The molecule has 132 valence electrons. The van der Waals surface area contributed by atoms with E-state index < -0.39 is 0 Å². The van der Waals surface area contributed by atoms with Crippen LogP contribution in [0.5, 0.6) is 0 Å². The molecule has 6 heteroatoms. The predicted octanol–water partition coefficient (Wildman–Crippen LogP) is 1.75. The van der Waals surface area contributed by atoms with Gasteiger partial charge in [-0.3, -0.25) is 4.79 Å². The molecule has 2 aliphatic rings. The molecule has 1 amide bonds. The SMILES string of the molecule is CC(C)(C)c1ccc(N2CC(CNC(=O)C3CCOCC3)C2)nn1. The van der Waals surface area contributed by atoms with Crippen LogP contribution in [0.4, 0.5) is 5.82 Å². The molecule has 2 aliphatic heterocycles. The first kappa shape index (κ1) is 17.1. The summed E-state index contributed by atoms with van der Waals surface area (Å²) in [7, 11) is 0. The minimum atomic E-state index is 0.0253. The van der Waals surface area contributed by atoms with Crippen LogP contribution in [0, 0.1) is 11.8 Å². The zero-order valence-electron chi connectivity index (χ0n) is 14.9. The molecule has 0 aromatic carbocycles. The third kappa shape index (κ3) is 4.04. The van der Waals surface area contributed by atoms with Gasteiger partial charge in [0.1, 0.15) is 0 Å². The number of ether oxygens (including phenoxy) is 1. The van der Waals surface area contributed by atoms with Crippen LogP contribution in [0.25, 0.3) is 0 Å². The van der Waals surface area contributed by atoms with Crippen molar-refractivity contribution in [2.75, 3.05) is 37.7 Å². The first-order chi connectivity index (χ1) is 11.4. The van der Waals surface area contributed by atoms with Gasteiger partial charge in [0.05, 0.1) is 5.69 Å². The Hall–Kier alpha value is -1.69. The molecule has 1 aromatic rings. The highest BCUT2D eigenvalue weighted by atomic mass is 16.5. The van der Waals surface area contributed by atoms with Gasteiger partial charge in [-0.2, -0.15) is 5.10 Å². The topological polar surface area (TPSA) is 67.4 Å². The Labute approximate surface area is 144 Å². The van der Waals surface area contributed by atoms with Gasteiger partial charge in [0.2, 0.25) is 5.91 Å². The number of hydrogen-bond donors (Lipinski definition) is 1. The maximum absolute atomic E-state index is 12.1. The molecule has 0 saturated carbocycles. The largest absolute Gasteiger partial charge is 0.381 e. The van der Waals surface area contributed by atoms with Crippen molar-refractivity contribution >= 4 is 11.7 Å². The lowest BCUT2D eigenvalue weighted by atomic mass is 9.92. The highest BCUT2D eigenvalue weighted by Gasteiger charge is 2.30. The van der Waals surface area contributed by atoms with Crippen molar-refractivity contribution in [2.24, 2.45) is 11.8 Å². The molecular weight excluding hydrogens is 304 g/mol. The van der Waals surface area contributed by atoms with Crippen molar-refractivity contribution < 1.29 is 9.53 Å². The van der Waals surface area contributed by atoms with E-state index in [-0.39, 0.29) is 17.2 Å². The van der Waals surface area contributed by atoms with Gasteiger partial charge in [0, 0.05) is 50.1 Å². The van der Waals surface area contributed by atoms with Gasteiger partial charge in [-0.25, -0.2) is 0 Å². The number of nitrogens with one attached hydrogen (secondary N) is 1. The summed E-state index contributed by atoms with van der Waals surface area (Å²) in [6.07, 6.45) is 1.69. The lowest BCUT2D eigenvalue weighted by molar-refractivity contribution is -0.128. The van der Waals surface area contributed by atoms with Gasteiger partial charge < -0.3 is 15.0 Å². The van der Waals surface area contributed by atoms with Crippen LogP contribution in [-0.2, 0) is 14.9 Å². The third-order valence-electron chi connectivity index (χ3n) is 4.86. The summed E-state index contributed by atoms with van der Waals surface area (Å²) in [6.45, 7) is 10.4. The minimum absolute atomic E-state index is 0.0253. The Morgan fingerprint density at radius 1 is 1.25 bits per heavy atom. The summed E-state index contributed by atoms with van der Waals surface area (Å²) in [4.78, 5) is 14.3.